The summed E-state index contributed by atoms with van der Waals surface area (Å²) in [7, 11) is 0. The molecule has 7 aromatic carbocycles. The maximum atomic E-state index is 2.51. The molecule has 0 fully saturated rings. The Labute approximate surface area is 337 Å². The second kappa shape index (κ2) is 13.1. The van der Waals surface area contributed by atoms with Crippen molar-refractivity contribution in [2.45, 2.75) is 24.4 Å². The summed E-state index contributed by atoms with van der Waals surface area (Å²) < 4.78 is 4.82. The molecule has 4 heteroatoms. The summed E-state index contributed by atoms with van der Waals surface area (Å²) in [4.78, 5) is 5.02. The number of fused-ring (bicyclic) bond motifs is 9. The molecule has 12 rings (SSSR count). The van der Waals surface area contributed by atoms with Crippen molar-refractivity contribution >= 4 is 72.1 Å². The lowest BCUT2D eigenvalue weighted by molar-refractivity contribution is 0.744. The van der Waals surface area contributed by atoms with Crippen LogP contribution in [0.4, 0.5) is 22.7 Å². The Morgan fingerprint density at radius 1 is 0.448 bits per heavy atom. The average molecular weight is 745 g/mol. The van der Waals surface area contributed by atoms with E-state index in [0.29, 0.717) is 5.92 Å². The highest BCUT2D eigenvalue weighted by Crippen LogP contribution is 2.48. The van der Waals surface area contributed by atoms with Crippen LogP contribution < -0.4 is 9.80 Å². The van der Waals surface area contributed by atoms with E-state index in [0.717, 1.165) is 17.8 Å². The van der Waals surface area contributed by atoms with Gasteiger partial charge in [-0.05, 0) is 96.9 Å². The highest BCUT2D eigenvalue weighted by molar-refractivity contribution is 6.11. The maximum absolute atomic E-state index is 2.51. The number of para-hydroxylation sites is 5. The van der Waals surface area contributed by atoms with Crippen LogP contribution >= 0.6 is 0 Å². The Balaban J connectivity index is 0.942. The molecule has 3 heterocycles. The fraction of sp³-hybridized carbons (Fsp3) is 0.0741. The summed E-state index contributed by atoms with van der Waals surface area (Å²) in [5, 5.41) is 5.11. The predicted molar refractivity (Wildman–Crippen MR) is 244 cm³/mol. The third-order valence-corrected chi connectivity index (χ3v) is 12.6. The smallest absolute Gasteiger partial charge is 0.0629 e. The highest BCUT2D eigenvalue weighted by Gasteiger charge is 2.37. The molecular weight excluding hydrogens is 705 g/mol. The maximum Gasteiger partial charge on any atom is 0.0629 e. The molecular formula is C54H40N4. The highest BCUT2D eigenvalue weighted by atomic mass is 15.2. The summed E-state index contributed by atoms with van der Waals surface area (Å²) in [6.07, 6.45) is 17.1. The van der Waals surface area contributed by atoms with Gasteiger partial charge in [0, 0.05) is 61.6 Å². The van der Waals surface area contributed by atoms with Crippen LogP contribution in [-0.4, -0.2) is 21.2 Å². The van der Waals surface area contributed by atoms with Gasteiger partial charge in [-0.15, -0.1) is 0 Å². The Hall–Kier alpha value is -7.30. The first kappa shape index (κ1) is 32.9. The third kappa shape index (κ3) is 5.01. The zero-order valence-electron chi connectivity index (χ0n) is 31.9. The molecule has 9 aromatic rings. The van der Waals surface area contributed by atoms with Crippen molar-refractivity contribution in [3.63, 3.8) is 0 Å². The number of allylic oxidation sites excluding steroid dienone is 4. The summed E-state index contributed by atoms with van der Waals surface area (Å²) >= 11 is 0. The van der Waals surface area contributed by atoms with Gasteiger partial charge in [-0.3, -0.25) is 0 Å². The SMILES string of the molecule is C1=CC2c3ccccc3N(c3ccc(N(c4ccc(-n5c6ccccc6c6ccccc65)cc4)C4C=CC(n5c6ccccc6c6ccccc65)=CC4)cc3)C2C=C1. The van der Waals surface area contributed by atoms with Crippen LogP contribution in [0.5, 0.6) is 0 Å². The molecule has 0 saturated heterocycles. The second-order valence-electron chi connectivity index (χ2n) is 15.6. The van der Waals surface area contributed by atoms with E-state index in [-0.39, 0.29) is 12.1 Å². The van der Waals surface area contributed by atoms with Crippen molar-refractivity contribution in [1.82, 2.24) is 9.13 Å². The van der Waals surface area contributed by atoms with Gasteiger partial charge in [0.25, 0.3) is 0 Å². The van der Waals surface area contributed by atoms with Crippen LogP contribution in [-0.2, 0) is 0 Å². The second-order valence-corrected chi connectivity index (χ2v) is 15.6. The largest absolute Gasteiger partial charge is 0.334 e. The molecule has 3 atom stereocenters. The molecule has 0 amide bonds. The Morgan fingerprint density at radius 3 is 1.52 bits per heavy atom. The molecule has 3 unspecified atom stereocenters. The van der Waals surface area contributed by atoms with Crippen molar-refractivity contribution < 1.29 is 0 Å². The molecule has 0 N–H and O–H groups in total. The van der Waals surface area contributed by atoms with Gasteiger partial charge < -0.3 is 18.9 Å². The fourth-order valence-electron chi connectivity index (χ4n) is 10.0. The monoisotopic (exact) mass is 744 g/mol. The first-order valence-corrected chi connectivity index (χ1v) is 20.4. The van der Waals surface area contributed by atoms with E-state index in [1.54, 1.807) is 0 Å². The van der Waals surface area contributed by atoms with E-state index >= 15 is 0 Å². The van der Waals surface area contributed by atoms with Gasteiger partial charge in [0.05, 0.1) is 34.2 Å². The normalized spacial score (nSPS) is 18.3. The molecule has 0 saturated carbocycles. The lowest BCUT2D eigenvalue weighted by Gasteiger charge is -2.34. The third-order valence-electron chi connectivity index (χ3n) is 12.6. The van der Waals surface area contributed by atoms with Gasteiger partial charge in [-0.1, -0.05) is 127 Å². The number of aromatic nitrogens is 2. The van der Waals surface area contributed by atoms with Crippen molar-refractivity contribution in [3.8, 4) is 5.69 Å². The summed E-state index contributed by atoms with van der Waals surface area (Å²) in [6, 6.07) is 62.6. The van der Waals surface area contributed by atoms with Gasteiger partial charge in [-0.2, -0.15) is 0 Å². The van der Waals surface area contributed by atoms with Gasteiger partial charge in [-0.25, -0.2) is 0 Å². The van der Waals surface area contributed by atoms with Crippen molar-refractivity contribution in [2.75, 3.05) is 9.80 Å². The van der Waals surface area contributed by atoms with Gasteiger partial charge >= 0.3 is 0 Å². The molecule has 3 aliphatic rings. The Kier molecular flexibility index (Phi) is 7.45. The van der Waals surface area contributed by atoms with Crippen LogP contribution in [0.15, 0.2) is 212 Å². The predicted octanol–water partition coefficient (Wildman–Crippen LogP) is 13.6. The number of nitrogens with zero attached hydrogens (tertiary/aromatic N) is 4. The molecule has 1 aliphatic heterocycles. The molecule has 4 nitrogen and oxygen atoms in total. The van der Waals surface area contributed by atoms with Crippen molar-refractivity contribution in [3.05, 3.63) is 218 Å². The summed E-state index contributed by atoms with van der Waals surface area (Å²) in [6.45, 7) is 0. The summed E-state index contributed by atoms with van der Waals surface area (Å²) in [5.74, 6) is 0.355. The van der Waals surface area contributed by atoms with E-state index < -0.39 is 0 Å². The molecule has 58 heavy (non-hydrogen) atoms. The average Bonchev–Trinajstić information content (AvgIpc) is 3.93. The van der Waals surface area contributed by atoms with Crippen LogP contribution in [0.2, 0.25) is 0 Å². The Morgan fingerprint density at radius 2 is 0.948 bits per heavy atom. The van der Waals surface area contributed by atoms with E-state index in [2.05, 4.69) is 231 Å². The molecule has 0 spiro atoms. The van der Waals surface area contributed by atoms with Gasteiger partial charge in [0.1, 0.15) is 0 Å². The first-order chi connectivity index (χ1) is 28.8. The minimum atomic E-state index is 0.116. The number of rotatable bonds is 6. The molecule has 2 aliphatic carbocycles. The fourth-order valence-corrected chi connectivity index (χ4v) is 10.0. The number of anilines is 4. The quantitative estimate of drug-likeness (QED) is 0.169. The minimum absolute atomic E-state index is 0.116. The zero-order valence-corrected chi connectivity index (χ0v) is 31.9. The van der Waals surface area contributed by atoms with E-state index in [9.17, 15) is 0 Å². The molecule has 0 radical (unpaired) electrons. The van der Waals surface area contributed by atoms with Crippen molar-refractivity contribution in [1.29, 1.82) is 0 Å². The van der Waals surface area contributed by atoms with Gasteiger partial charge in [0.15, 0.2) is 0 Å². The Bertz CT molecular complexity index is 3070. The van der Waals surface area contributed by atoms with Crippen molar-refractivity contribution in [2.24, 2.45) is 0 Å². The van der Waals surface area contributed by atoms with E-state index in [1.165, 1.54) is 71.9 Å². The zero-order chi connectivity index (χ0) is 38.2. The molecule has 2 aromatic heterocycles. The van der Waals surface area contributed by atoms with Crippen LogP contribution in [0.1, 0.15) is 17.9 Å². The standard InChI is InChI=1S/C54H40N4/c1-7-19-49-43(13-1)44-14-2-8-20-50(44)56(49)40-31-25-37(26-32-40)55(38-27-33-41(34-28-38)57-51-21-9-3-15-45(51)46-16-4-10-22-52(46)57)39-29-35-42(36-30-39)58-53-23-11-5-17-47(53)48-18-6-12-24-54(48)58/h1-29,31-36,39,43,49H,30H2. The number of benzene rings is 7. The van der Waals surface area contributed by atoms with E-state index in [1.807, 2.05) is 0 Å². The first-order valence-electron chi connectivity index (χ1n) is 20.4. The van der Waals surface area contributed by atoms with Crippen LogP contribution in [0.25, 0.3) is 55.0 Å². The lowest BCUT2D eigenvalue weighted by Crippen LogP contribution is -2.31. The molecule has 276 valence electrons. The number of hydrogen-bond acceptors (Lipinski definition) is 2. The number of hydrogen-bond donors (Lipinski definition) is 0. The van der Waals surface area contributed by atoms with Gasteiger partial charge in [0.2, 0.25) is 0 Å². The summed E-state index contributed by atoms with van der Waals surface area (Å²) in [5.41, 5.74) is 13.5. The molecule has 0 bridgehead atoms. The van der Waals surface area contributed by atoms with Crippen LogP contribution in [0.3, 0.4) is 0 Å². The minimum Gasteiger partial charge on any atom is -0.334 e. The topological polar surface area (TPSA) is 16.3 Å². The van der Waals surface area contributed by atoms with Crippen LogP contribution in [0, 0.1) is 0 Å². The van der Waals surface area contributed by atoms with E-state index in [4.69, 9.17) is 0 Å². The lowest BCUT2D eigenvalue weighted by atomic mass is 9.91.